The molecule has 17 nitrogen and oxygen atoms in total. The van der Waals surface area contributed by atoms with Crippen molar-refractivity contribution in [2.24, 2.45) is 0 Å². The lowest BCUT2D eigenvalue weighted by molar-refractivity contribution is -0.161. The van der Waals surface area contributed by atoms with Gasteiger partial charge in [0.2, 0.25) is 0 Å². The molecule has 0 amide bonds. The molecule has 0 spiro atoms. The van der Waals surface area contributed by atoms with E-state index in [1.807, 2.05) is 0 Å². The van der Waals surface area contributed by atoms with Crippen LogP contribution in [0.5, 0.6) is 0 Å². The first-order chi connectivity index (χ1) is 47.7. The van der Waals surface area contributed by atoms with Gasteiger partial charge in [-0.2, -0.15) is 0 Å². The molecule has 0 heterocycles. The maximum absolute atomic E-state index is 13.1. The topological polar surface area (TPSA) is 237 Å². The van der Waals surface area contributed by atoms with Crippen molar-refractivity contribution in [1.82, 2.24) is 0 Å². The van der Waals surface area contributed by atoms with Crippen LogP contribution in [0, 0.1) is 0 Å². The third-order valence-corrected chi connectivity index (χ3v) is 19.9. The number of unbranched alkanes of at least 4 members (excludes halogenated alkanes) is 48. The molecule has 0 saturated heterocycles. The Morgan fingerprint density at radius 1 is 0.286 bits per heavy atom. The van der Waals surface area contributed by atoms with Crippen LogP contribution < -0.4 is 0 Å². The van der Waals surface area contributed by atoms with Crippen molar-refractivity contribution < 1.29 is 80.2 Å². The zero-order valence-corrected chi connectivity index (χ0v) is 65.0. The number of esters is 4. The SMILES string of the molecule is CCCCC/C=C\C/C=C\CCCCCCCC(=O)OC[C@H](COP(=O)(O)OC[C@H](O)COP(=O)(O)OC[C@@H](COC(=O)CCCCCCCCCCCCCCCCCCC)OC(=O)CCCCCCCCCCCCCCC)OC(=O)CCCCCCCCCCCCCCC. The van der Waals surface area contributed by atoms with E-state index in [0.29, 0.717) is 25.7 Å². The molecule has 3 N–H and O–H groups in total. The number of phosphoric ester groups is 2. The largest absolute Gasteiger partial charge is 0.472 e. The normalized spacial score (nSPS) is 14.0. The Labute approximate surface area is 599 Å². The van der Waals surface area contributed by atoms with Crippen LogP contribution in [0.1, 0.15) is 400 Å². The lowest BCUT2D eigenvalue weighted by Gasteiger charge is -2.21. The van der Waals surface area contributed by atoms with Crippen molar-refractivity contribution in [3.63, 3.8) is 0 Å². The number of hydrogen-bond donors (Lipinski definition) is 3. The molecular formula is C79H150O17P2. The number of aliphatic hydroxyl groups is 1. The Balaban J connectivity index is 5.27. The number of allylic oxidation sites excluding steroid dienone is 4. The molecule has 0 rings (SSSR count). The van der Waals surface area contributed by atoms with E-state index in [-0.39, 0.29) is 25.7 Å². The molecule has 19 heteroatoms. The van der Waals surface area contributed by atoms with Gasteiger partial charge in [-0.25, -0.2) is 9.13 Å². The van der Waals surface area contributed by atoms with Crippen LogP contribution in [0.4, 0.5) is 0 Å². The van der Waals surface area contributed by atoms with E-state index >= 15 is 0 Å². The van der Waals surface area contributed by atoms with E-state index in [0.717, 1.165) is 116 Å². The summed E-state index contributed by atoms with van der Waals surface area (Å²) in [5.74, 6) is -2.13. The standard InChI is InChI=1S/C79H150O17P2/c1-5-9-13-17-21-25-29-33-35-36-38-42-44-48-52-56-60-64-77(82)90-70-75(96-79(84)66-62-58-54-50-46-40-32-28-24-20-16-12-8-4)72-94-98(87,88)92-68-73(80)67-91-97(85,86)93-71-74(95-78(83)65-61-57-53-49-45-39-31-27-23-19-15-11-7-3)69-89-76(81)63-59-55-51-47-43-41-37-34-30-26-22-18-14-10-6-2/h22,26,34,37,73-75,80H,5-21,23-25,27-33,35-36,38-72H2,1-4H3,(H,85,86)(H,87,88)/b26-22-,37-34-/t73-,74+,75+/m0/s1. The van der Waals surface area contributed by atoms with Gasteiger partial charge in [-0.3, -0.25) is 37.3 Å². The molecular weight excluding hydrogens is 1280 g/mol. The molecule has 0 aromatic carbocycles. The second-order valence-electron chi connectivity index (χ2n) is 27.7. The van der Waals surface area contributed by atoms with Crippen LogP contribution in [0.2, 0.25) is 0 Å². The van der Waals surface area contributed by atoms with Gasteiger partial charge in [-0.15, -0.1) is 0 Å². The highest BCUT2D eigenvalue weighted by Gasteiger charge is 2.30. The van der Waals surface area contributed by atoms with Gasteiger partial charge in [0.05, 0.1) is 26.4 Å². The van der Waals surface area contributed by atoms with Crippen LogP contribution in [-0.4, -0.2) is 96.7 Å². The van der Waals surface area contributed by atoms with Gasteiger partial charge in [0, 0.05) is 25.7 Å². The van der Waals surface area contributed by atoms with E-state index in [4.69, 9.17) is 37.0 Å². The van der Waals surface area contributed by atoms with E-state index in [9.17, 15) is 43.2 Å². The summed E-state index contributed by atoms with van der Waals surface area (Å²) < 4.78 is 68.6. The molecule has 0 aromatic heterocycles. The lowest BCUT2D eigenvalue weighted by atomic mass is 10.0. The summed E-state index contributed by atoms with van der Waals surface area (Å²) in [6.45, 7) is 4.95. The van der Waals surface area contributed by atoms with Crippen LogP contribution in [0.15, 0.2) is 24.3 Å². The monoisotopic (exact) mass is 1430 g/mol. The zero-order chi connectivity index (χ0) is 71.8. The first-order valence-electron chi connectivity index (χ1n) is 40.6. The average molecular weight is 1430 g/mol. The Morgan fingerprint density at radius 2 is 0.500 bits per heavy atom. The number of carbonyl (C=O) groups excluding carboxylic acids is 4. The highest BCUT2D eigenvalue weighted by Crippen LogP contribution is 2.45. The molecule has 0 aliphatic carbocycles. The lowest BCUT2D eigenvalue weighted by Crippen LogP contribution is -2.30. The Morgan fingerprint density at radius 3 is 0.776 bits per heavy atom. The molecule has 2 unspecified atom stereocenters. The number of hydrogen-bond acceptors (Lipinski definition) is 15. The molecule has 0 bridgehead atoms. The van der Waals surface area contributed by atoms with Gasteiger partial charge >= 0.3 is 39.5 Å². The number of phosphoric acid groups is 2. The van der Waals surface area contributed by atoms with Crippen molar-refractivity contribution in [3.8, 4) is 0 Å². The van der Waals surface area contributed by atoms with Gasteiger partial charge in [-0.1, -0.05) is 341 Å². The number of ether oxygens (including phenoxy) is 4. The molecule has 0 aliphatic rings. The van der Waals surface area contributed by atoms with Crippen LogP contribution in [-0.2, 0) is 65.4 Å². The van der Waals surface area contributed by atoms with E-state index in [1.54, 1.807) is 0 Å². The Hall–Kier alpha value is -2.46. The molecule has 578 valence electrons. The molecule has 0 aromatic rings. The predicted molar refractivity (Wildman–Crippen MR) is 400 cm³/mol. The smallest absolute Gasteiger partial charge is 0.462 e. The fourth-order valence-corrected chi connectivity index (χ4v) is 13.3. The molecule has 0 radical (unpaired) electrons. The molecule has 98 heavy (non-hydrogen) atoms. The minimum absolute atomic E-state index is 0.102. The van der Waals surface area contributed by atoms with Crippen molar-refractivity contribution >= 4 is 39.5 Å². The van der Waals surface area contributed by atoms with Crippen LogP contribution in [0.25, 0.3) is 0 Å². The Kier molecular flexibility index (Phi) is 71.0. The molecule has 0 aliphatic heterocycles. The van der Waals surface area contributed by atoms with Crippen LogP contribution >= 0.6 is 15.6 Å². The summed E-state index contributed by atoms with van der Waals surface area (Å²) in [7, 11) is -9.92. The quantitative estimate of drug-likeness (QED) is 0.0169. The maximum atomic E-state index is 13.1. The van der Waals surface area contributed by atoms with Gasteiger partial charge < -0.3 is 33.8 Å². The maximum Gasteiger partial charge on any atom is 0.472 e. The van der Waals surface area contributed by atoms with Crippen LogP contribution in [0.3, 0.4) is 0 Å². The van der Waals surface area contributed by atoms with E-state index < -0.39 is 97.5 Å². The van der Waals surface area contributed by atoms with Gasteiger partial charge in [0.1, 0.15) is 19.3 Å². The second-order valence-corrected chi connectivity index (χ2v) is 30.6. The number of carbonyl (C=O) groups is 4. The summed E-state index contributed by atoms with van der Waals surface area (Å²) >= 11 is 0. The fraction of sp³-hybridized carbons (Fsp3) is 0.899. The zero-order valence-electron chi connectivity index (χ0n) is 63.2. The third-order valence-electron chi connectivity index (χ3n) is 17.9. The highest BCUT2D eigenvalue weighted by molar-refractivity contribution is 7.47. The van der Waals surface area contributed by atoms with Crippen molar-refractivity contribution in [3.05, 3.63) is 24.3 Å². The summed E-state index contributed by atoms with van der Waals surface area (Å²) in [4.78, 5) is 72.9. The molecule has 0 fully saturated rings. The first-order valence-corrected chi connectivity index (χ1v) is 43.6. The minimum atomic E-state index is -4.96. The summed E-state index contributed by atoms with van der Waals surface area (Å²) in [6, 6.07) is 0. The van der Waals surface area contributed by atoms with Gasteiger partial charge in [0.25, 0.3) is 0 Å². The predicted octanol–water partition coefficient (Wildman–Crippen LogP) is 23.3. The number of aliphatic hydroxyl groups excluding tert-OH is 1. The fourth-order valence-electron chi connectivity index (χ4n) is 11.7. The van der Waals surface area contributed by atoms with Crippen molar-refractivity contribution in [2.45, 2.75) is 418 Å². The first kappa shape index (κ1) is 95.5. The molecule has 5 atom stereocenters. The summed E-state index contributed by atoms with van der Waals surface area (Å²) in [5, 5.41) is 10.6. The second kappa shape index (κ2) is 72.9. The van der Waals surface area contributed by atoms with Gasteiger partial charge in [0.15, 0.2) is 12.2 Å². The highest BCUT2D eigenvalue weighted by atomic mass is 31.2. The van der Waals surface area contributed by atoms with E-state index in [2.05, 4.69) is 52.0 Å². The summed E-state index contributed by atoms with van der Waals surface area (Å²) in [5.41, 5.74) is 0. The third kappa shape index (κ3) is 71.9. The summed E-state index contributed by atoms with van der Waals surface area (Å²) in [6.07, 6.45) is 67.2. The number of rotatable bonds is 78. The average Bonchev–Trinajstić information content (AvgIpc) is 0.971. The minimum Gasteiger partial charge on any atom is -0.462 e. The molecule has 0 saturated carbocycles. The van der Waals surface area contributed by atoms with Crippen molar-refractivity contribution in [2.75, 3.05) is 39.6 Å². The van der Waals surface area contributed by atoms with E-state index in [1.165, 1.54) is 205 Å². The Bertz CT molecular complexity index is 1950. The van der Waals surface area contributed by atoms with Gasteiger partial charge in [-0.05, 0) is 57.8 Å². The van der Waals surface area contributed by atoms with Crippen molar-refractivity contribution in [1.29, 1.82) is 0 Å².